The number of hydrogen-bond acceptors (Lipinski definition) is 4. The molecule has 0 amide bonds. The van der Waals surface area contributed by atoms with E-state index >= 15 is 0 Å². The molecule has 4 atom stereocenters. The Labute approximate surface area is 112 Å². The van der Waals surface area contributed by atoms with Crippen LogP contribution in [0.1, 0.15) is 31.4 Å². The molecule has 1 aromatic carbocycles. The van der Waals surface area contributed by atoms with Gasteiger partial charge in [0.2, 0.25) is 5.79 Å². The zero-order valence-corrected chi connectivity index (χ0v) is 11.0. The molecule has 4 rings (SSSR count). The quantitative estimate of drug-likeness (QED) is 0.778. The highest BCUT2D eigenvalue weighted by molar-refractivity contribution is 5.21. The maximum Gasteiger partial charge on any atom is 0.201 e. The molecule has 1 spiro atoms. The Bertz CT molecular complexity index is 476. The van der Waals surface area contributed by atoms with Crippen molar-refractivity contribution in [3.8, 4) is 0 Å². The van der Waals surface area contributed by atoms with Crippen molar-refractivity contribution in [2.45, 2.75) is 43.5 Å². The van der Waals surface area contributed by atoms with Crippen molar-refractivity contribution in [1.82, 2.24) is 0 Å². The number of hydrogen-bond donors (Lipinski definition) is 0. The summed E-state index contributed by atoms with van der Waals surface area (Å²) in [6.45, 7) is 3.18. The van der Waals surface area contributed by atoms with Gasteiger partial charge in [-0.1, -0.05) is 30.3 Å². The summed E-state index contributed by atoms with van der Waals surface area (Å²) in [4.78, 5) is 0. The first-order chi connectivity index (χ1) is 9.21. The summed E-state index contributed by atoms with van der Waals surface area (Å²) < 4.78 is 24.1. The predicted molar refractivity (Wildman–Crippen MR) is 67.4 cm³/mol. The van der Waals surface area contributed by atoms with Crippen molar-refractivity contribution in [2.24, 2.45) is 0 Å². The normalized spacial score (nSPS) is 44.9. The number of ether oxygens (including phenoxy) is 4. The van der Waals surface area contributed by atoms with Gasteiger partial charge in [0.05, 0.1) is 13.2 Å². The van der Waals surface area contributed by atoms with Crippen LogP contribution in [-0.2, 0) is 18.9 Å². The van der Waals surface area contributed by atoms with Gasteiger partial charge in [0, 0.05) is 12.8 Å². The maximum atomic E-state index is 6.19. The van der Waals surface area contributed by atoms with Crippen molar-refractivity contribution in [1.29, 1.82) is 0 Å². The Kier molecular flexibility index (Phi) is 2.51. The zero-order valence-electron chi connectivity index (χ0n) is 11.0. The lowest BCUT2D eigenvalue weighted by Gasteiger charge is -2.49. The molecule has 0 aromatic heterocycles. The fraction of sp³-hybridized carbons (Fsp3) is 0.600. The minimum atomic E-state index is -0.619. The van der Waals surface area contributed by atoms with Crippen molar-refractivity contribution in [3.05, 3.63) is 35.9 Å². The highest BCUT2D eigenvalue weighted by Crippen LogP contribution is 2.53. The third kappa shape index (κ3) is 1.75. The highest BCUT2D eigenvalue weighted by Gasteiger charge is 2.63. The number of rotatable bonds is 1. The van der Waals surface area contributed by atoms with Crippen LogP contribution in [0.2, 0.25) is 0 Å². The molecule has 3 fully saturated rings. The van der Waals surface area contributed by atoms with E-state index in [0.29, 0.717) is 13.2 Å². The van der Waals surface area contributed by atoms with E-state index in [4.69, 9.17) is 18.9 Å². The van der Waals surface area contributed by atoms with Crippen molar-refractivity contribution < 1.29 is 18.9 Å². The molecule has 3 aliphatic heterocycles. The second-order valence-electron chi connectivity index (χ2n) is 5.64. The van der Waals surface area contributed by atoms with Gasteiger partial charge < -0.3 is 18.9 Å². The highest BCUT2D eigenvalue weighted by atomic mass is 16.8. The molecular weight excluding hydrogens is 244 g/mol. The molecule has 3 aliphatic rings. The van der Waals surface area contributed by atoms with E-state index in [1.807, 2.05) is 25.1 Å². The standard InChI is InChI=1S/C15H18O4/c1-14-7-8-15(19-14)13(16-9-10-17-15)12(18-14)11-5-3-2-4-6-11/h2-6,12-13H,7-10H2,1H3/t12-,13+,14+,15-/m0/s1. The smallest absolute Gasteiger partial charge is 0.201 e. The molecule has 4 heteroatoms. The molecule has 0 aliphatic carbocycles. The summed E-state index contributed by atoms with van der Waals surface area (Å²) >= 11 is 0. The lowest BCUT2D eigenvalue weighted by molar-refractivity contribution is -0.429. The molecule has 3 saturated heterocycles. The monoisotopic (exact) mass is 262 g/mol. The summed E-state index contributed by atoms with van der Waals surface area (Å²) in [5, 5.41) is 0. The van der Waals surface area contributed by atoms with E-state index in [1.54, 1.807) is 0 Å². The number of benzene rings is 1. The third-order valence-electron chi connectivity index (χ3n) is 4.26. The van der Waals surface area contributed by atoms with Gasteiger partial charge in [0.1, 0.15) is 12.2 Å². The summed E-state index contributed by atoms with van der Waals surface area (Å²) in [5.74, 6) is -1.18. The Morgan fingerprint density at radius 2 is 1.95 bits per heavy atom. The van der Waals surface area contributed by atoms with Gasteiger partial charge in [-0.2, -0.15) is 0 Å². The van der Waals surface area contributed by atoms with Crippen molar-refractivity contribution >= 4 is 0 Å². The average molecular weight is 262 g/mol. The van der Waals surface area contributed by atoms with Crippen molar-refractivity contribution in [2.75, 3.05) is 13.2 Å². The first-order valence-electron chi connectivity index (χ1n) is 6.89. The molecule has 102 valence electrons. The number of fused-ring (bicyclic) bond motifs is 1. The van der Waals surface area contributed by atoms with Gasteiger partial charge in [-0.3, -0.25) is 0 Å². The van der Waals surface area contributed by atoms with E-state index in [0.717, 1.165) is 18.4 Å². The second-order valence-corrected chi connectivity index (χ2v) is 5.64. The molecule has 0 N–H and O–H groups in total. The first-order valence-corrected chi connectivity index (χ1v) is 6.89. The van der Waals surface area contributed by atoms with E-state index < -0.39 is 11.6 Å². The third-order valence-corrected chi connectivity index (χ3v) is 4.26. The van der Waals surface area contributed by atoms with Gasteiger partial charge in [0.15, 0.2) is 5.79 Å². The van der Waals surface area contributed by atoms with Gasteiger partial charge in [0.25, 0.3) is 0 Å². The molecule has 1 aromatic rings. The minimum Gasteiger partial charge on any atom is -0.367 e. The average Bonchev–Trinajstić information content (AvgIpc) is 2.70. The minimum absolute atomic E-state index is 0.122. The Morgan fingerprint density at radius 1 is 1.11 bits per heavy atom. The lowest BCUT2D eigenvalue weighted by Crippen LogP contribution is -2.59. The van der Waals surface area contributed by atoms with Crippen LogP contribution < -0.4 is 0 Å². The van der Waals surface area contributed by atoms with Crippen LogP contribution in [0.25, 0.3) is 0 Å². The molecule has 3 heterocycles. The Hall–Kier alpha value is -0.940. The Morgan fingerprint density at radius 3 is 2.79 bits per heavy atom. The molecule has 0 unspecified atom stereocenters. The van der Waals surface area contributed by atoms with Crippen molar-refractivity contribution in [3.63, 3.8) is 0 Å². The first kappa shape index (κ1) is 11.9. The van der Waals surface area contributed by atoms with E-state index in [1.165, 1.54) is 0 Å². The van der Waals surface area contributed by atoms with Crippen LogP contribution in [0.5, 0.6) is 0 Å². The fourth-order valence-electron chi connectivity index (χ4n) is 3.39. The summed E-state index contributed by atoms with van der Waals surface area (Å²) in [6, 6.07) is 10.2. The van der Waals surface area contributed by atoms with Crippen LogP contribution in [0.15, 0.2) is 30.3 Å². The lowest BCUT2D eigenvalue weighted by atomic mass is 9.95. The predicted octanol–water partition coefficient (Wildman–Crippen LogP) is 2.40. The largest absolute Gasteiger partial charge is 0.367 e. The summed E-state index contributed by atoms with van der Waals surface area (Å²) in [6.07, 6.45) is 1.37. The summed E-state index contributed by atoms with van der Waals surface area (Å²) in [5.41, 5.74) is 1.12. The topological polar surface area (TPSA) is 36.9 Å². The molecule has 4 nitrogen and oxygen atoms in total. The molecule has 0 saturated carbocycles. The van der Waals surface area contributed by atoms with Gasteiger partial charge in [-0.05, 0) is 12.5 Å². The molecular formula is C15H18O4. The van der Waals surface area contributed by atoms with E-state index in [2.05, 4.69) is 12.1 Å². The van der Waals surface area contributed by atoms with Crippen LogP contribution in [-0.4, -0.2) is 30.9 Å². The SMILES string of the molecule is C[C@@]12CC[C@]3(OCCO[C@@H]3[C@H](c3ccccc3)O1)O2. The molecule has 2 bridgehead atoms. The van der Waals surface area contributed by atoms with Crippen LogP contribution in [0.3, 0.4) is 0 Å². The van der Waals surface area contributed by atoms with Crippen LogP contribution >= 0.6 is 0 Å². The van der Waals surface area contributed by atoms with E-state index in [-0.39, 0.29) is 12.2 Å². The zero-order chi connectivity index (χ0) is 12.9. The van der Waals surface area contributed by atoms with Gasteiger partial charge in [-0.25, -0.2) is 0 Å². The van der Waals surface area contributed by atoms with Gasteiger partial charge >= 0.3 is 0 Å². The van der Waals surface area contributed by atoms with E-state index in [9.17, 15) is 0 Å². The maximum absolute atomic E-state index is 6.19. The second kappa shape index (κ2) is 4.03. The summed E-state index contributed by atoms with van der Waals surface area (Å²) in [7, 11) is 0. The van der Waals surface area contributed by atoms with Gasteiger partial charge in [-0.15, -0.1) is 0 Å². The molecule has 0 radical (unpaired) electrons. The fourth-order valence-corrected chi connectivity index (χ4v) is 3.39. The Balaban J connectivity index is 1.75. The molecule has 19 heavy (non-hydrogen) atoms. The van der Waals surface area contributed by atoms with Crippen LogP contribution in [0.4, 0.5) is 0 Å². The van der Waals surface area contributed by atoms with Crippen LogP contribution in [0, 0.1) is 0 Å².